The van der Waals surface area contributed by atoms with Crippen molar-refractivity contribution in [1.82, 2.24) is 25.2 Å². The zero-order valence-corrected chi connectivity index (χ0v) is 18.6. The van der Waals surface area contributed by atoms with Gasteiger partial charge in [-0.1, -0.05) is 0 Å². The maximum atomic E-state index is 12.4. The number of carbonyl (C=O) groups excluding carboxylic acids is 1. The Kier molecular flexibility index (Phi) is 9.83. The maximum Gasteiger partial charge on any atom is 0.233 e. The highest BCUT2D eigenvalue weighted by Crippen LogP contribution is 2.13. The second-order valence-corrected chi connectivity index (χ2v) is 10.3. The number of hydrogen-bond acceptors (Lipinski definition) is 6. The molecule has 0 aromatic carbocycles. The summed E-state index contributed by atoms with van der Waals surface area (Å²) in [5, 5.41) is 9.26. The van der Waals surface area contributed by atoms with Gasteiger partial charge in [-0.05, 0) is 19.8 Å². The zero-order valence-electron chi connectivity index (χ0n) is 16.9. The molecular formula is C17H34N6O3S2. The quantitative estimate of drug-likeness (QED) is 0.337. The molecule has 2 aliphatic rings. The molecular weight excluding hydrogens is 400 g/mol. The molecule has 0 atom stereocenters. The molecule has 2 rings (SSSR count). The maximum absolute atomic E-state index is 12.4. The molecule has 9 nitrogen and oxygen atoms in total. The molecule has 162 valence electrons. The van der Waals surface area contributed by atoms with E-state index in [2.05, 4.69) is 25.8 Å². The first-order valence-corrected chi connectivity index (χ1v) is 12.7. The van der Waals surface area contributed by atoms with Gasteiger partial charge in [0.1, 0.15) is 0 Å². The number of sulfonamides is 1. The Labute approximate surface area is 173 Å². The highest BCUT2D eigenvalue weighted by Gasteiger charge is 2.24. The van der Waals surface area contributed by atoms with Gasteiger partial charge in [-0.3, -0.25) is 14.7 Å². The van der Waals surface area contributed by atoms with Crippen molar-refractivity contribution in [2.75, 3.05) is 70.1 Å². The number of nitrogens with one attached hydrogen (secondary N) is 3. The molecule has 0 unspecified atom stereocenters. The molecule has 0 saturated carbocycles. The number of aliphatic imine (C=N–C) groups is 1. The third-order valence-electron chi connectivity index (χ3n) is 4.90. The van der Waals surface area contributed by atoms with Crippen LogP contribution in [0.1, 0.15) is 19.8 Å². The lowest BCUT2D eigenvalue weighted by atomic mass is 10.1. The number of nitrogens with zero attached hydrogens (tertiary/aromatic N) is 3. The molecule has 0 spiro atoms. The summed E-state index contributed by atoms with van der Waals surface area (Å²) in [5.74, 6) is 2.47. The fourth-order valence-corrected chi connectivity index (χ4v) is 5.71. The topological polar surface area (TPSA) is 106 Å². The van der Waals surface area contributed by atoms with Crippen LogP contribution in [-0.2, 0) is 14.8 Å². The van der Waals surface area contributed by atoms with Crippen molar-refractivity contribution < 1.29 is 13.2 Å². The number of hydrogen-bond donors (Lipinski definition) is 3. The smallest absolute Gasteiger partial charge is 0.233 e. The summed E-state index contributed by atoms with van der Waals surface area (Å²) in [6.45, 7) is 6.30. The number of likely N-dealkylation sites (N-methyl/N-ethyl adjacent to an activating group) is 1. The SMILES string of the molecule is CCNC(=NCCS(=O)(=O)N1CCSCC1)NC1CCN(CC(=O)NC)CC1. The molecule has 1 amide bonds. The molecule has 11 heteroatoms. The van der Waals surface area contributed by atoms with Gasteiger partial charge < -0.3 is 16.0 Å². The van der Waals surface area contributed by atoms with Crippen molar-refractivity contribution in [3.05, 3.63) is 0 Å². The van der Waals surface area contributed by atoms with E-state index in [1.165, 1.54) is 0 Å². The highest BCUT2D eigenvalue weighted by atomic mass is 32.2. The zero-order chi connectivity index (χ0) is 20.4. The number of likely N-dealkylation sites (tertiary alicyclic amines) is 1. The number of amides is 1. The van der Waals surface area contributed by atoms with Gasteiger partial charge in [0.25, 0.3) is 0 Å². The molecule has 2 saturated heterocycles. The summed E-state index contributed by atoms with van der Waals surface area (Å²) in [7, 11) is -1.58. The van der Waals surface area contributed by atoms with E-state index in [0.29, 0.717) is 25.6 Å². The fraction of sp³-hybridized carbons (Fsp3) is 0.882. The van der Waals surface area contributed by atoms with Gasteiger partial charge in [-0.25, -0.2) is 12.7 Å². The van der Waals surface area contributed by atoms with Crippen molar-refractivity contribution in [2.45, 2.75) is 25.8 Å². The molecule has 0 aromatic heterocycles. The number of carbonyl (C=O) groups is 1. The molecule has 2 heterocycles. The second kappa shape index (κ2) is 11.8. The monoisotopic (exact) mass is 434 g/mol. The van der Waals surface area contributed by atoms with Crippen LogP contribution in [0.2, 0.25) is 0 Å². The van der Waals surface area contributed by atoms with Crippen molar-refractivity contribution in [2.24, 2.45) is 4.99 Å². The minimum absolute atomic E-state index is 0.0369. The average Bonchev–Trinajstić information content (AvgIpc) is 2.70. The molecule has 28 heavy (non-hydrogen) atoms. The van der Waals surface area contributed by atoms with E-state index >= 15 is 0 Å². The molecule has 0 bridgehead atoms. The first-order chi connectivity index (χ1) is 13.4. The minimum Gasteiger partial charge on any atom is -0.358 e. The van der Waals surface area contributed by atoms with Gasteiger partial charge in [0, 0.05) is 57.3 Å². The normalized spacial score (nSPS) is 20.7. The first kappa shape index (κ1) is 23.2. The van der Waals surface area contributed by atoms with Crippen molar-refractivity contribution in [1.29, 1.82) is 0 Å². The molecule has 2 aliphatic heterocycles. The van der Waals surface area contributed by atoms with Crippen LogP contribution < -0.4 is 16.0 Å². The van der Waals surface area contributed by atoms with Crippen LogP contribution in [0.3, 0.4) is 0 Å². The predicted molar refractivity (Wildman–Crippen MR) is 115 cm³/mol. The van der Waals surface area contributed by atoms with Crippen LogP contribution in [0.5, 0.6) is 0 Å². The van der Waals surface area contributed by atoms with Crippen LogP contribution in [0.4, 0.5) is 0 Å². The van der Waals surface area contributed by atoms with Crippen LogP contribution in [0.25, 0.3) is 0 Å². The first-order valence-electron chi connectivity index (χ1n) is 9.98. The fourth-order valence-electron chi connectivity index (χ4n) is 3.26. The van der Waals surface area contributed by atoms with Crippen LogP contribution >= 0.6 is 11.8 Å². The second-order valence-electron chi connectivity index (χ2n) is 6.96. The van der Waals surface area contributed by atoms with E-state index in [0.717, 1.165) is 44.0 Å². The summed E-state index contributed by atoms with van der Waals surface area (Å²) >= 11 is 1.79. The van der Waals surface area contributed by atoms with Gasteiger partial charge in [0.15, 0.2) is 5.96 Å². The van der Waals surface area contributed by atoms with E-state index in [1.54, 1.807) is 23.1 Å². The summed E-state index contributed by atoms with van der Waals surface area (Å²) in [6.07, 6.45) is 1.84. The lowest BCUT2D eigenvalue weighted by Crippen LogP contribution is -2.50. The van der Waals surface area contributed by atoms with E-state index < -0.39 is 10.0 Å². The van der Waals surface area contributed by atoms with Gasteiger partial charge in [0.2, 0.25) is 15.9 Å². The third-order valence-corrected chi connectivity index (χ3v) is 7.69. The van der Waals surface area contributed by atoms with Gasteiger partial charge in [0.05, 0.1) is 18.8 Å². The summed E-state index contributed by atoms with van der Waals surface area (Å²) in [5.41, 5.74) is 0. The van der Waals surface area contributed by atoms with Crippen molar-refractivity contribution in [3.63, 3.8) is 0 Å². The Morgan fingerprint density at radius 1 is 1.18 bits per heavy atom. The molecule has 0 radical (unpaired) electrons. The van der Waals surface area contributed by atoms with E-state index in [9.17, 15) is 13.2 Å². The van der Waals surface area contributed by atoms with Gasteiger partial charge in [-0.15, -0.1) is 0 Å². The number of guanidine groups is 1. The van der Waals surface area contributed by atoms with Gasteiger partial charge >= 0.3 is 0 Å². The van der Waals surface area contributed by atoms with Crippen molar-refractivity contribution in [3.8, 4) is 0 Å². The highest BCUT2D eigenvalue weighted by molar-refractivity contribution is 7.99. The Morgan fingerprint density at radius 3 is 2.46 bits per heavy atom. The van der Waals surface area contributed by atoms with Crippen LogP contribution in [-0.4, -0.2) is 106 Å². The Balaban J connectivity index is 1.80. The Bertz CT molecular complexity index is 614. The Hall–Kier alpha value is -1.04. The van der Waals surface area contributed by atoms with E-state index in [4.69, 9.17) is 0 Å². The number of piperidine rings is 1. The summed E-state index contributed by atoms with van der Waals surface area (Å²) in [4.78, 5) is 18.1. The average molecular weight is 435 g/mol. The molecule has 2 fully saturated rings. The van der Waals surface area contributed by atoms with Crippen LogP contribution in [0.15, 0.2) is 4.99 Å². The predicted octanol–water partition coefficient (Wildman–Crippen LogP) is -0.869. The molecule has 0 aliphatic carbocycles. The third kappa shape index (κ3) is 7.76. The minimum atomic E-state index is -3.24. The lowest BCUT2D eigenvalue weighted by molar-refractivity contribution is -0.122. The summed E-state index contributed by atoms with van der Waals surface area (Å²) < 4.78 is 26.4. The van der Waals surface area contributed by atoms with E-state index in [-0.39, 0.29) is 24.2 Å². The Morgan fingerprint density at radius 2 is 1.86 bits per heavy atom. The van der Waals surface area contributed by atoms with E-state index in [1.807, 2.05) is 6.92 Å². The summed E-state index contributed by atoms with van der Waals surface area (Å²) in [6, 6.07) is 0.273. The van der Waals surface area contributed by atoms with Crippen LogP contribution in [0, 0.1) is 0 Å². The van der Waals surface area contributed by atoms with Crippen molar-refractivity contribution >= 4 is 33.7 Å². The number of rotatable bonds is 8. The van der Waals surface area contributed by atoms with Gasteiger partial charge in [-0.2, -0.15) is 11.8 Å². The standard InChI is InChI=1S/C17H34N6O3S2/c1-3-19-17(20-6-13-28(25,26)23-9-11-27-12-10-23)21-15-4-7-22(8-5-15)14-16(24)18-2/h15H,3-14H2,1-2H3,(H,18,24)(H2,19,20,21). The largest absolute Gasteiger partial charge is 0.358 e. The number of thioether (sulfide) groups is 1. The lowest BCUT2D eigenvalue weighted by Gasteiger charge is -2.32. The molecule has 3 N–H and O–H groups in total. The molecule has 0 aromatic rings.